The molecule has 0 radical (unpaired) electrons. The molecule has 1 aromatic carbocycles. The minimum Gasteiger partial charge on any atom is -0.329 e. The third-order valence-electron chi connectivity index (χ3n) is 4.09. The van der Waals surface area contributed by atoms with Crippen LogP contribution in [0.4, 0.5) is 4.39 Å². The van der Waals surface area contributed by atoms with Crippen molar-refractivity contribution in [2.75, 3.05) is 19.6 Å². The summed E-state index contributed by atoms with van der Waals surface area (Å²) in [5, 5.41) is 3.23. The first kappa shape index (κ1) is 18.2. The minimum atomic E-state index is -0.325. The molecule has 1 N–H and O–H groups in total. The lowest BCUT2D eigenvalue weighted by molar-refractivity contribution is 0.0633. The van der Waals surface area contributed by atoms with Crippen molar-refractivity contribution < 1.29 is 9.18 Å². The molecule has 1 aliphatic heterocycles. The lowest BCUT2D eigenvalue weighted by atomic mass is 10.0. The summed E-state index contributed by atoms with van der Waals surface area (Å²) in [6.45, 7) is 1.73. The molecule has 0 bridgehead atoms. The van der Waals surface area contributed by atoms with Crippen molar-refractivity contribution in [3.05, 3.63) is 69.9 Å². The van der Waals surface area contributed by atoms with Gasteiger partial charge in [0.1, 0.15) is 5.82 Å². The predicted molar refractivity (Wildman–Crippen MR) is 92.0 cm³/mol. The molecule has 1 saturated heterocycles. The number of rotatable bonds is 2. The number of carbonyl (C=O) groups excluding carboxylic acids is 1. The SMILES string of the molecule is Cl.Cn1ccc(C(=O)N2CCNCC2c2cccc(F)c2)cc1=O. The van der Waals surface area contributed by atoms with Gasteiger partial charge in [-0.15, -0.1) is 12.4 Å². The Morgan fingerprint density at radius 2 is 2.08 bits per heavy atom. The van der Waals surface area contributed by atoms with Crippen LogP contribution in [0, 0.1) is 5.82 Å². The Morgan fingerprint density at radius 1 is 1.29 bits per heavy atom. The van der Waals surface area contributed by atoms with Crippen molar-refractivity contribution >= 4 is 18.3 Å². The fraction of sp³-hybridized carbons (Fsp3) is 0.294. The van der Waals surface area contributed by atoms with Crippen LogP contribution in [0.2, 0.25) is 0 Å². The number of hydrogen-bond donors (Lipinski definition) is 1. The molecule has 0 saturated carbocycles. The van der Waals surface area contributed by atoms with Crippen LogP contribution in [-0.4, -0.2) is 35.0 Å². The van der Waals surface area contributed by atoms with Gasteiger partial charge < -0.3 is 14.8 Å². The fourth-order valence-corrected chi connectivity index (χ4v) is 2.81. The quantitative estimate of drug-likeness (QED) is 0.896. The van der Waals surface area contributed by atoms with Gasteiger partial charge in [-0.3, -0.25) is 9.59 Å². The van der Waals surface area contributed by atoms with Crippen molar-refractivity contribution in [3.8, 4) is 0 Å². The molecule has 1 fully saturated rings. The maximum atomic E-state index is 13.5. The summed E-state index contributed by atoms with van der Waals surface area (Å²) in [6.07, 6.45) is 1.58. The summed E-state index contributed by atoms with van der Waals surface area (Å²) in [4.78, 5) is 26.2. The highest BCUT2D eigenvalue weighted by molar-refractivity contribution is 5.94. The number of halogens is 2. The average molecular weight is 352 g/mol. The zero-order valence-corrected chi connectivity index (χ0v) is 14.1. The number of benzene rings is 1. The van der Waals surface area contributed by atoms with Gasteiger partial charge in [-0.2, -0.15) is 0 Å². The second-order valence-electron chi connectivity index (χ2n) is 5.64. The van der Waals surface area contributed by atoms with Gasteiger partial charge in [0.15, 0.2) is 0 Å². The summed E-state index contributed by atoms with van der Waals surface area (Å²) < 4.78 is 14.9. The Kier molecular flexibility index (Phi) is 5.75. The Balaban J connectivity index is 0.00000208. The van der Waals surface area contributed by atoms with E-state index in [-0.39, 0.29) is 35.7 Å². The van der Waals surface area contributed by atoms with E-state index < -0.39 is 0 Å². The topological polar surface area (TPSA) is 54.3 Å². The Bertz CT molecular complexity index is 793. The highest BCUT2D eigenvalue weighted by atomic mass is 35.5. The number of hydrogen-bond acceptors (Lipinski definition) is 3. The Morgan fingerprint density at radius 3 is 2.79 bits per heavy atom. The maximum Gasteiger partial charge on any atom is 0.254 e. The first-order chi connectivity index (χ1) is 11.1. The first-order valence-electron chi connectivity index (χ1n) is 7.50. The molecule has 1 amide bonds. The maximum absolute atomic E-state index is 13.5. The normalized spacial score (nSPS) is 17.2. The van der Waals surface area contributed by atoms with Gasteiger partial charge in [0.05, 0.1) is 6.04 Å². The van der Waals surface area contributed by atoms with E-state index in [0.29, 0.717) is 25.2 Å². The van der Waals surface area contributed by atoms with E-state index in [0.717, 1.165) is 5.56 Å². The molecule has 24 heavy (non-hydrogen) atoms. The zero-order valence-electron chi connectivity index (χ0n) is 13.2. The van der Waals surface area contributed by atoms with Crippen molar-refractivity contribution in [3.63, 3.8) is 0 Å². The summed E-state index contributed by atoms with van der Waals surface area (Å²) in [5.74, 6) is -0.535. The van der Waals surface area contributed by atoms with Gasteiger partial charge in [-0.25, -0.2) is 4.39 Å². The lowest BCUT2D eigenvalue weighted by Gasteiger charge is -2.36. The standard InChI is InChI=1S/C17H18FN3O2.ClH/c1-20-7-5-13(10-16(20)22)17(23)21-8-6-19-11-15(21)12-3-2-4-14(18)9-12;/h2-5,7,9-10,15,19H,6,8,11H2,1H3;1H. The summed E-state index contributed by atoms with van der Waals surface area (Å²) in [7, 11) is 1.64. The van der Waals surface area contributed by atoms with Crippen LogP contribution in [0.3, 0.4) is 0 Å². The number of nitrogens with zero attached hydrogens (tertiary/aromatic N) is 2. The molecule has 7 heteroatoms. The highest BCUT2D eigenvalue weighted by Gasteiger charge is 2.29. The molecule has 5 nitrogen and oxygen atoms in total. The molecule has 0 aliphatic carbocycles. The van der Waals surface area contributed by atoms with Crippen LogP contribution in [0.15, 0.2) is 47.4 Å². The smallest absolute Gasteiger partial charge is 0.254 e. The van der Waals surface area contributed by atoms with Crippen molar-refractivity contribution in [2.24, 2.45) is 7.05 Å². The summed E-state index contributed by atoms with van der Waals surface area (Å²) in [6, 6.07) is 9.00. The third-order valence-corrected chi connectivity index (χ3v) is 4.09. The van der Waals surface area contributed by atoms with E-state index >= 15 is 0 Å². The zero-order chi connectivity index (χ0) is 16.4. The number of aryl methyl sites for hydroxylation is 1. The molecule has 2 heterocycles. The van der Waals surface area contributed by atoms with Gasteiger partial charge in [-0.05, 0) is 23.8 Å². The third kappa shape index (κ3) is 3.66. The Hall–Kier alpha value is -2.18. The van der Waals surface area contributed by atoms with Crippen LogP contribution in [0.5, 0.6) is 0 Å². The lowest BCUT2D eigenvalue weighted by Crippen LogP contribution is -2.48. The minimum absolute atomic E-state index is 0. The molecular weight excluding hydrogens is 333 g/mol. The molecule has 0 spiro atoms. The van der Waals surface area contributed by atoms with Gasteiger partial charge in [0, 0.05) is 44.5 Å². The second kappa shape index (κ2) is 7.59. The van der Waals surface area contributed by atoms with Gasteiger partial charge in [0.2, 0.25) is 0 Å². The molecule has 1 atom stereocenters. The number of amides is 1. The molecule has 2 aromatic rings. The fourth-order valence-electron chi connectivity index (χ4n) is 2.81. The van der Waals surface area contributed by atoms with Crippen LogP contribution in [0.1, 0.15) is 22.0 Å². The highest BCUT2D eigenvalue weighted by Crippen LogP contribution is 2.24. The average Bonchev–Trinajstić information content (AvgIpc) is 2.57. The summed E-state index contributed by atoms with van der Waals surface area (Å²) >= 11 is 0. The predicted octanol–water partition coefficient (Wildman–Crippen LogP) is 1.73. The first-order valence-corrected chi connectivity index (χ1v) is 7.50. The second-order valence-corrected chi connectivity index (χ2v) is 5.64. The van der Waals surface area contributed by atoms with Crippen LogP contribution < -0.4 is 10.9 Å². The van der Waals surface area contributed by atoms with E-state index in [4.69, 9.17) is 0 Å². The molecule has 1 aromatic heterocycles. The van der Waals surface area contributed by atoms with Crippen molar-refractivity contribution in [2.45, 2.75) is 6.04 Å². The molecule has 128 valence electrons. The number of pyridine rings is 1. The largest absolute Gasteiger partial charge is 0.329 e. The number of aromatic nitrogens is 1. The number of carbonyl (C=O) groups is 1. The summed E-state index contributed by atoms with van der Waals surface area (Å²) in [5.41, 5.74) is 0.874. The van der Waals surface area contributed by atoms with Gasteiger partial charge in [-0.1, -0.05) is 12.1 Å². The molecule has 3 rings (SSSR count). The Labute approximate surface area is 145 Å². The van der Waals surface area contributed by atoms with E-state index in [1.54, 1.807) is 30.3 Å². The van der Waals surface area contributed by atoms with Crippen molar-refractivity contribution in [1.29, 1.82) is 0 Å². The van der Waals surface area contributed by atoms with Crippen LogP contribution in [-0.2, 0) is 7.05 Å². The van der Waals surface area contributed by atoms with Crippen LogP contribution >= 0.6 is 12.4 Å². The molecule has 1 aliphatic rings. The van der Waals surface area contributed by atoms with Crippen molar-refractivity contribution in [1.82, 2.24) is 14.8 Å². The molecular formula is C17H19ClFN3O2. The van der Waals surface area contributed by atoms with E-state index in [2.05, 4.69) is 5.32 Å². The van der Waals surface area contributed by atoms with E-state index in [1.807, 2.05) is 6.07 Å². The van der Waals surface area contributed by atoms with Gasteiger partial charge >= 0.3 is 0 Å². The van der Waals surface area contributed by atoms with Crippen LogP contribution in [0.25, 0.3) is 0 Å². The molecule has 1 unspecified atom stereocenters. The number of nitrogens with one attached hydrogen (secondary N) is 1. The number of piperazine rings is 1. The van der Waals surface area contributed by atoms with E-state index in [1.165, 1.54) is 22.8 Å². The van der Waals surface area contributed by atoms with Gasteiger partial charge in [0.25, 0.3) is 11.5 Å². The van der Waals surface area contributed by atoms with E-state index in [9.17, 15) is 14.0 Å². The monoisotopic (exact) mass is 351 g/mol.